The summed E-state index contributed by atoms with van der Waals surface area (Å²) in [7, 11) is 1.57. The molecule has 0 bridgehead atoms. The lowest BCUT2D eigenvalue weighted by Gasteiger charge is -2.19. The van der Waals surface area contributed by atoms with E-state index in [2.05, 4.69) is 5.32 Å². The third kappa shape index (κ3) is 3.17. The molecule has 0 aliphatic rings. The van der Waals surface area contributed by atoms with Gasteiger partial charge in [-0.15, -0.1) is 0 Å². The van der Waals surface area contributed by atoms with E-state index in [1.807, 2.05) is 44.2 Å². The zero-order valence-corrected chi connectivity index (χ0v) is 12.5. The number of phenols is 1. The minimum atomic E-state index is -0.0435. The molecule has 1 unspecified atom stereocenters. The van der Waals surface area contributed by atoms with Crippen LogP contribution in [0.1, 0.15) is 24.1 Å². The van der Waals surface area contributed by atoms with Gasteiger partial charge < -0.3 is 15.2 Å². The Morgan fingerprint density at radius 1 is 1.20 bits per heavy atom. The normalized spacial score (nSPS) is 12.0. The maximum Gasteiger partial charge on any atom is 0.124 e. The molecule has 0 aromatic heterocycles. The first-order valence-corrected chi connectivity index (χ1v) is 6.78. The highest BCUT2D eigenvalue weighted by atomic mass is 35.5. The van der Waals surface area contributed by atoms with Crippen molar-refractivity contribution < 1.29 is 9.84 Å². The molecular formula is C16H18ClNO2. The van der Waals surface area contributed by atoms with Crippen molar-refractivity contribution >= 4 is 17.3 Å². The fourth-order valence-electron chi connectivity index (χ4n) is 2.08. The van der Waals surface area contributed by atoms with Crippen LogP contribution < -0.4 is 10.1 Å². The van der Waals surface area contributed by atoms with Crippen LogP contribution in [0, 0.1) is 6.92 Å². The first kappa shape index (κ1) is 14.5. The molecule has 3 nitrogen and oxygen atoms in total. The molecule has 0 saturated heterocycles. The SMILES string of the molecule is COc1ccc(C(C)Nc2cc(Cl)ccc2C)c(O)c1. The average Bonchev–Trinajstić information content (AvgIpc) is 2.42. The summed E-state index contributed by atoms with van der Waals surface area (Å²) < 4.78 is 5.09. The number of hydrogen-bond donors (Lipinski definition) is 2. The fourth-order valence-corrected chi connectivity index (χ4v) is 2.25. The van der Waals surface area contributed by atoms with Crippen LogP contribution in [0.3, 0.4) is 0 Å². The lowest BCUT2D eigenvalue weighted by molar-refractivity contribution is 0.406. The summed E-state index contributed by atoms with van der Waals surface area (Å²) in [6, 6.07) is 11.0. The number of halogens is 1. The number of phenolic OH excluding ortho intramolecular Hbond substituents is 1. The van der Waals surface area contributed by atoms with E-state index >= 15 is 0 Å². The Morgan fingerprint density at radius 3 is 2.60 bits per heavy atom. The summed E-state index contributed by atoms with van der Waals surface area (Å²) in [6.07, 6.45) is 0. The number of methoxy groups -OCH3 is 1. The van der Waals surface area contributed by atoms with Crippen LogP contribution in [0.25, 0.3) is 0 Å². The molecule has 0 heterocycles. The van der Waals surface area contributed by atoms with Crippen molar-refractivity contribution in [1.82, 2.24) is 0 Å². The number of hydrogen-bond acceptors (Lipinski definition) is 3. The largest absolute Gasteiger partial charge is 0.507 e. The molecule has 106 valence electrons. The van der Waals surface area contributed by atoms with Gasteiger partial charge in [-0.3, -0.25) is 0 Å². The Kier molecular flexibility index (Phi) is 4.40. The molecule has 0 aliphatic carbocycles. The summed E-state index contributed by atoms with van der Waals surface area (Å²) in [6.45, 7) is 4.00. The number of nitrogens with one attached hydrogen (secondary N) is 1. The molecule has 20 heavy (non-hydrogen) atoms. The highest BCUT2D eigenvalue weighted by Gasteiger charge is 2.12. The van der Waals surface area contributed by atoms with E-state index < -0.39 is 0 Å². The first-order chi connectivity index (χ1) is 9.51. The number of ether oxygens (including phenoxy) is 1. The average molecular weight is 292 g/mol. The van der Waals surface area contributed by atoms with Crippen molar-refractivity contribution in [3.8, 4) is 11.5 Å². The summed E-state index contributed by atoms with van der Waals surface area (Å²) in [5, 5.41) is 14.1. The third-order valence-electron chi connectivity index (χ3n) is 3.28. The van der Waals surface area contributed by atoms with Gasteiger partial charge in [0.1, 0.15) is 11.5 Å². The monoisotopic (exact) mass is 291 g/mol. The van der Waals surface area contributed by atoms with E-state index in [0.29, 0.717) is 10.8 Å². The van der Waals surface area contributed by atoms with E-state index in [9.17, 15) is 5.11 Å². The van der Waals surface area contributed by atoms with Crippen molar-refractivity contribution in [2.24, 2.45) is 0 Å². The van der Waals surface area contributed by atoms with Gasteiger partial charge in [0.15, 0.2) is 0 Å². The Labute approximate surface area is 124 Å². The summed E-state index contributed by atoms with van der Waals surface area (Å²) >= 11 is 6.01. The van der Waals surface area contributed by atoms with E-state index in [1.54, 1.807) is 13.2 Å². The second-order valence-corrected chi connectivity index (χ2v) is 5.19. The molecule has 0 spiro atoms. The minimum absolute atomic E-state index is 0.0435. The highest BCUT2D eigenvalue weighted by Crippen LogP contribution is 2.31. The molecular weight excluding hydrogens is 274 g/mol. The molecule has 2 rings (SSSR count). The smallest absolute Gasteiger partial charge is 0.124 e. The maximum atomic E-state index is 10.0. The fraction of sp³-hybridized carbons (Fsp3) is 0.250. The number of aryl methyl sites for hydroxylation is 1. The predicted octanol–water partition coefficient (Wildman–Crippen LogP) is 4.54. The Morgan fingerprint density at radius 2 is 1.95 bits per heavy atom. The number of benzene rings is 2. The van der Waals surface area contributed by atoms with Crippen LogP contribution in [0.5, 0.6) is 11.5 Å². The molecule has 2 aromatic rings. The van der Waals surface area contributed by atoms with E-state index in [4.69, 9.17) is 16.3 Å². The molecule has 2 aromatic carbocycles. The van der Waals surface area contributed by atoms with Gasteiger partial charge in [-0.05, 0) is 43.7 Å². The molecule has 4 heteroatoms. The Balaban J connectivity index is 2.23. The van der Waals surface area contributed by atoms with Crippen molar-refractivity contribution in [2.45, 2.75) is 19.9 Å². The zero-order chi connectivity index (χ0) is 14.7. The van der Waals surface area contributed by atoms with Crippen LogP contribution in [-0.4, -0.2) is 12.2 Å². The van der Waals surface area contributed by atoms with Crippen LogP contribution in [0.4, 0.5) is 5.69 Å². The summed E-state index contributed by atoms with van der Waals surface area (Å²) in [5.41, 5.74) is 2.87. The second kappa shape index (κ2) is 6.06. The molecule has 2 N–H and O–H groups in total. The summed E-state index contributed by atoms with van der Waals surface area (Å²) in [5.74, 6) is 0.849. The van der Waals surface area contributed by atoms with Gasteiger partial charge >= 0.3 is 0 Å². The van der Waals surface area contributed by atoms with Gasteiger partial charge in [0.25, 0.3) is 0 Å². The van der Waals surface area contributed by atoms with Crippen molar-refractivity contribution in [1.29, 1.82) is 0 Å². The van der Waals surface area contributed by atoms with Crippen molar-refractivity contribution in [2.75, 3.05) is 12.4 Å². The van der Waals surface area contributed by atoms with Crippen molar-refractivity contribution in [3.05, 3.63) is 52.5 Å². The molecule has 0 saturated carbocycles. The van der Waals surface area contributed by atoms with Gasteiger partial charge in [0.2, 0.25) is 0 Å². The number of rotatable bonds is 4. The van der Waals surface area contributed by atoms with E-state index in [-0.39, 0.29) is 11.8 Å². The van der Waals surface area contributed by atoms with Crippen LogP contribution in [-0.2, 0) is 0 Å². The molecule has 0 aliphatic heterocycles. The van der Waals surface area contributed by atoms with Gasteiger partial charge in [-0.1, -0.05) is 17.7 Å². The zero-order valence-electron chi connectivity index (χ0n) is 11.8. The highest BCUT2D eigenvalue weighted by molar-refractivity contribution is 6.30. The predicted molar refractivity (Wildman–Crippen MR) is 82.9 cm³/mol. The molecule has 0 fully saturated rings. The molecule has 0 radical (unpaired) electrons. The maximum absolute atomic E-state index is 10.0. The lowest BCUT2D eigenvalue weighted by atomic mass is 10.1. The molecule has 1 atom stereocenters. The van der Waals surface area contributed by atoms with Crippen LogP contribution in [0.2, 0.25) is 5.02 Å². The van der Waals surface area contributed by atoms with Gasteiger partial charge in [-0.2, -0.15) is 0 Å². The van der Waals surface area contributed by atoms with E-state index in [1.165, 1.54) is 0 Å². The molecule has 0 amide bonds. The number of anilines is 1. The Bertz CT molecular complexity index is 613. The van der Waals surface area contributed by atoms with Crippen LogP contribution >= 0.6 is 11.6 Å². The standard InChI is InChI=1S/C16H18ClNO2/c1-10-4-5-12(17)8-15(10)18-11(2)14-7-6-13(20-3)9-16(14)19/h4-9,11,18-19H,1-3H3. The van der Waals surface area contributed by atoms with E-state index in [0.717, 1.165) is 16.8 Å². The lowest BCUT2D eigenvalue weighted by Crippen LogP contribution is -2.08. The van der Waals surface area contributed by atoms with Crippen LogP contribution in [0.15, 0.2) is 36.4 Å². The van der Waals surface area contributed by atoms with Crippen molar-refractivity contribution in [3.63, 3.8) is 0 Å². The topological polar surface area (TPSA) is 41.5 Å². The van der Waals surface area contributed by atoms with Gasteiger partial charge in [0, 0.05) is 22.3 Å². The third-order valence-corrected chi connectivity index (χ3v) is 3.51. The van der Waals surface area contributed by atoms with Gasteiger partial charge in [0.05, 0.1) is 13.2 Å². The quantitative estimate of drug-likeness (QED) is 0.869. The first-order valence-electron chi connectivity index (χ1n) is 6.41. The van der Waals surface area contributed by atoms with Gasteiger partial charge in [-0.25, -0.2) is 0 Å². The summed E-state index contributed by atoms with van der Waals surface area (Å²) in [4.78, 5) is 0. The number of aromatic hydroxyl groups is 1. The Hall–Kier alpha value is -1.87. The second-order valence-electron chi connectivity index (χ2n) is 4.75. The minimum Gasteiger partial charge on any atom is -0.507 e.